The van der Waals surface area contributed by atoms with Gasteiger partial charge < -0.3 is 10.5 Å². The number of aryl methyl sites for hydroxylation is 1. The van der Waals surface area contributed by atoms with Gasteiger partial charge in [0.1, 0.15) is 0 Å². The molecule has 2 aromatic rings. The fraction of sp³-hybridized carbons (Fsp3) is 0.350. The van der Waals surface area contributed by atoms with Crippen molar-refractivity contribution >= 4 is 11.7 Å². The van der Waals surface area contributed by atoms with E-state index < -0.39 is 5.97 Å². The van der Waals surface area contributed by atoms with E-state index in [9.17, 15) is 9.90 Å². The molecule has 0 bridgehead atoms. The predicted molar refractivity (Wildman–Crippen MR) is 95.6 cm³/mol. The number of nitrogens with one attached hydrogen (secondary N) is 1. The number of piperidine rings is 1. The Labute approximate surface area is 143 Å². The molecule has 4 nitrogen and oxygen atoms in total. The standard InChI is InChI=1S/C20H24N2O2/c23-20(24)19-13-14-22(21-18-9-5-2-6-10-18)15-17(19)12-11-16-7-3-1-4-8-16/h1-10,17,19,21H,11-15H2,(H,23,24). The van der Waals surface area contributed by atoms with Gasteiger partial charge in [-0.2, -0.15) is 0 Å². The first-order valence-corrected chi connectivity index (χ1v) is 8.56. The molecule has 3 rings (SSSR count). The van der Waals surface area contributed by atoms with Gasteiger partial charge in [0, 0.05) is 18.8 Å². The lowest BCUT2D eigenvalue weighted by molar-refractivity contribution is -0.145. The van der Waals surface area contributed by atoms with Crippen molar-refractivity contribution in [2.45, 2.75) is 19.3 Å². The first-order valence-electron chi connectivity index (χ1n) is 8.56. The number of carbonyl (C=O) groups is 1. The molecule has 126 valence electrons. The van der Waals surface area contributed by atoms with Gasteiger partial charge in [0.25, 0.3) is 0 Å². The number of carboxylic acids is 1. The summed E-state index contributed by atoms with van der Waals surface area (Å²) in [6, 6.07) is 20.3. The third-order valence-electron chi connectivity index (χ3n) is 4.76. The van der Waals surface area contributed by atoms with Gasteiger partial charge >= 0.3 is 5.97 Å². The zero-order valence-electron chi connectivity index (χ0n) is 13.8. The first-order chi connectivity index (χ1) is 11.7. The average Bonchev–Trinajstić information content (AvgIpc) is 2.61. The molecule has 0 saturated carbocycles. The van der Waals surface area contributed by atoms with Crippen molar-refractivity contribution in [3.8, 4) is 0 Å². The van der Waals surface area contributed by atoms with Crippen LogP contribution in [0.3, 0.4) is 0 Å². The van der Waals surface area contributed by atoms with Gasteiger partial charge in [-0.25, -0.2) is 5.01 Å². The molecule has 24 heavy (non-hydrogen) atoms. The largest absolute Gasteiger partial charge is 0.481 e. The molecule has 1 heterocycles. The van der Waals surface area contributed by atoms with Crippen molar-refractivity contribution in [2.24, 2.45) is 11.8 Å². The second kappa shape index (κ2) is 7.97. The van der Waals surface area contributed by atoms with Crippen LogP contribution in [0.5, 0.6) is 0 Å². The van der Waals surface area contributed by atoms with Crippen molar-refractivity contribution in [3.05, 3.63) is 66.2 Å². The van der Waals surface area contributed by atoms with Crippen molar-refractivity contribution in [3.63, 3.8) is 0 Å². The van der Waals surface area contributed by atoms with Crippen LogP contribution in [0.25, 0.3) is 0 Å². The summed E-state index contributed by atoms with van der Waals surface area (Å²) < 4.78 is 0. The molecule has 0 radical (unpaired) electrons. The Morgan fingerprint density at radius 2 is 1.75 bits per heavy atom. The summed E-state index contributed by atoms with van der Waals surface area (Å²) in [5.74, 6) is -0.748. The van der Waals surface area contributed by atoms with Crippen molar-refractivity contribution < 1.29 is 9.90 Å². The maximum absolute atomic E-state index is 11.6. The highest BCUT2D eigenvalue weighted by Crippen LogP contribution is 2.28. The third-order valence-corrected chi connectivity index (χ3v) is 4.76. The SMILES string of the molecule is O=C(O)C1CCN(Nc2ccccc2)CC1CCc1ccccc1. The summed E-state index contributed by atoms with van der Waals surface area (Å²) in [6.45, 7) is 1.52. The van der Waals surface area contributed by atoms with E-state index in [-0.39, 0.29) is 11.8 Å². The smallest absolute Gasteiger partial charge is 0.306 e. The summed E-state index contributed by atoms with van der Waals surface area (Å²) >= 11 is 0. The number of rotatable bonds is 6. The Morgan fingerprint density at radius 3 is 2.42 bits per heavy atom. The Morgan fingerprint density at radius 1 is 1.08 bits per heavy atom. The van der Waals surface area contributed by atoms with Gasteiger partial charge in [-0.1, -0.05) is 48.5 Å². The number of aliphatic carboxylic acids is 1. The highest BCUT2D eigenvalue weighted by Gasteiger charge is 2.33. The number of hydrazine groups is 1. The number of benzene rings is 2. The van der Waals surface area contributed by atoms with Crippen LogP contribution in [0.15, 0.2) is 60.7 Å². The van der Waals surface area contributed by atoms with E-state index in [0.717, 1.165) is 31.6 Å². The van der Waals surface area contributed by atoms with Gasteiger partial charge in [0.05, 0.1) is 5.92 Å². The van der Waals surface area contributed by atoms with Gasteiger partial charge in [-0.3, -0.25) is 4.79 Å². The van der Waals surface area contributed by atoms with Gasteiger partial charge in [0.2, 0.25) is 0 Å². The summed E-state index contributed by atoms with van der Waals surface area (Å²) in [5, 5.41) is 11.7. The Bertz CT molecular complexity index is 645. The molecule has 2 unspecified atom stereocenters. The van der Waals surface area contributed by atoms with E-state index in [1.165, 1.54) is 5.56 Å². The van der Waals surface area contributed by atoms with Crippen molar-refractivity contribution in [2.75, 3.05) is 18.5 Å². The molecule has 1 saturated heterocycles. The minimum absolute atomic E-state index is 0.160. The van der Waals surface area contributed by atoms with Gasteiger partial charge in [-0.15, -0.1) is 0 Å². The summed E-state index contributed by atoms with van der Waals surface area (Å²) in [4.78, 5) is 11.6. The lowest BCUT2D eigenvalue weighted by Gasteiger charge is -2.37. The molecule has 4 heteroatoms. The molecular weight excluding hydrogens is 300 g/mol. The number of hydrogen-bond donors (Lipinski definition) is 2. The van der Waals surface area contributed by atoms with Crippen LogP contribution >= 0.6 is 0 Å². The lowest BCUT2D eigenvalue weighted by atomic mass is 9.82. The van der Waals surface area contributed by atoms with E-state index >= 15 is 0 Å². The average molecular weight is 324 g/mol. The van der Waals surface area contributed by atoms with Crippen molar-refractivity contribution in [1.29, 1.82) is 0 Å². The molecule has 2 aromatic carbocycles. The number of anilines is 1. The molecular formula is C20H24N2O2. The molecule has 2 atom stereocenters. The highest BCUT2D eigenvalue weighted by molar-refractivity contribution is 5.70. The first kappa shape index (κ1) is 16.5. The number of carboxylic acid groups (broad SMARTS) is 1. The van der Waals surface area contributed by atoms with Crippen LogP contribution in [-0.4, -0.2) is 29.2 Å². The monoisotopic (exact) mass is 324 g/mol. The molecule has 0 amide bonds. The molecule has 1 fully saturated rings. The van der Waals surface area contributed by atoms with E-state index in [1.54, 1.807) is 0 Å². The summed E-state index contributed by atoms with van der Waals surface area (Å²) in [7, 11) is 0. The molecule has 0 spiro atoms. The maximum Gasteiger partial charge on any atom is 0.306 e. The van der Waals surface area contributed by atoms with E-state index in [4.69, 9.17) is 0 Å². The number of nitrogens with zero attached hydrogens (tertiary/aromatic N) is 1. The van der Waals surface area contributed by atoms with E-state index in [0.29, 0.717) is 6.42 Å². The minimum atomic E-state index is -0.660. The quantitative estimate of drug-likeness (QED) is 0.851. The molecule has 0 aliphatic carbocycles. The summed E-state index contributed by atoms with van der Waals surface area (Å²) in [5.41, 5.74) is 5.73. The summed E-state index contributed by atoms with van der Waals surface area (Å²) in [6.07, 6.45) is 2.51. The number of hydrogen-bond acceptors (Lipinski definition) is 3. The fourth-order valence-corrected chi connectivity index (χ4v) is 3.44. The van der Waals surface area contributed by atoms with Crippen LogP contribution in [0.1, 0.15) is 18.4 Å². The molecule has 1 aliphatic heterocycles. The Hall–Kier alpha value is -2.33. The topological polar surface area (TPSA) is 52.6 Å². The predicted octanol–water partition coefficient (Wildman–Crippen LogP) is 3.67. The van der Waals surface area contributed by atoms with Gasteiger partial charge in [-0.05, 0) is 42.9 Å². The van der Waals surface area contributed by atoms with E-state index in [1.807, 2.05) is 48.5 Å². The molecule has 1 aliphatic rings. The second-order valence-corrected chi connectivity index (χ2v) is 6.44. The molecule has 2 N–H and O–H groups in total. The number of para-hydroxylation sites is 1. The maximum atomic E-state index is 11.6. The third kappa shape index (κ3) is 4.36. The van der Waals surface area contributed by atoms with Crippen LogP contribution in [-0.2, 0) is 11.2 Å². The minimum Gasteiger partial charge on any atom is -0.481 e. The zero-order chi connectivity index (χ0) is 16.8. The second-order valence-electron chi connectivity index (χ2n) is 6.44. The Balaban J connectivity index is 1.62. The zero-order valence-corrected chi connectivity index (χ0v) is 13.8. The Kier molecular flexibility index (Phi) is 5.49. The lowest BCUT2D eigenvalue weighted by Crippen LogP contribution is -2.45. The fourth-order valence-electron chi connectivity index (χ4n) is 3.44. The normalized spacial score (nSPS) is 21.3. The van der Waals surface area contributed by atoms with Crippen molar-refractivity contribution in [1.82, 2.24) is 5.01 Å². The molecule has 0 aromatic heterocycles. The highest BCUT2D eigenvalue weighted by atomic mass is 16.4. The van der Waals surface area contributed by atoms with Crippen LogP contribution < -0.4 is 5.43 Å². The van der Waals surface area contributed by atoms with Crippen LogP contribution in [0.2, 0.25) is 0 Å². The van der Waals surface area contributed by atoms with Crippen LogP contribution in [0.4, 0.5) is 5.69 Å². The van der Waals surface area contributed by atoms with Crippen LogP contribution in [0, 0.1) is 11.8 Å². The van der Waals surface area contributed by atoms with E-state index in [2.05, 4.69) is 22.6 Å². The van der Waals surface area contributed by atoms with Gasteiger partial charge in [0.15, 0.2) is 0 Å².